The van der Waals surface area contributed by atoms with E-state index in [0.29, 0.717) is 5.92 Å². The molecule has 0 aromatic heterocycles. The van der Waals surface area contributed by atoms with Gasteiger partial charge in [-0.3, -0.25) is 0 Å². The Hall–Kier alpha value is -0.850. The van der Waals surface area contributed by atoms with E-state index in [1.807, 2.05) is 19.9 Å². The molecule has 1 saturated carbocycles. The van der Waals surface area contributed by atoms with Crippen LogP contribution in [0.5, 0.6) is 0 Å². The molecule has 1 heteroatoms. The average molecular weight is 234 g/mol. The molecule has 17 heavy (non-hydrogen) atoms. The summed E-state index contributed by atoms with van der Waals surface area (Å²) in [5, 5.41) is 0. The van der Waals surface area contributed by atoms with E-state index in [0.717, 1.165) is 5.56 Å². The molecule has 0 bridgehead atoms. The fourth-order valence-electron chi connectivity index (χ4n) is 2.88. The van der Waals surface area contributed by atoms with Crippen molar-refractivity contribution in [3.63, 3.8) is 0 Å². The van der Waals surface area contributed by atoms with Crippen molar-refractivity contribution >= 4 is 0 Å². The first kappa shape index (κ1) is 12.6. The van der Waals surface area contributed by atoms with Crippen LogP contribution in [0.2, 0.25) is 0 Å². The first-order chi connectivity index (χ1) is 8.18. The van der Waals surface area contributed by atoms with Crippen LogP contribution in [0, 0.1) is 5.82 Å². The maximum Gasteiger partial charge on any atom is 0.126 e. The lowest BCUT2D eigenvalue weighted by atomic mass is 9.90. The SMILES string of the molecule is CC(C)c1ccc(C2CCCCCC2)cc1F. The molecule has 1 aromatic rings. The molecular formula is C16H23F. The van der Waals surface area contributed by atoms with Gasteiger partial charge in [0.05, 0.1) is 0 Å². The molecule has 0 heterocycles. The van der Waals surface area contributed by atoms with Crippen molar-refractivity contribution < 1.29 is 4.39 Å². The zero-order chi connectivity index (χ0) is 12.3. The van der Waals surface area contributed by atoms with Crippen LogP contribution in [0.15, 0.2) is 18.2 Å². The smallest absolute Gasteiger partial charge is 0.126 e. The highest BCUT2D eigenvalue weighted by Crippen LogP contribution is 2.33. The fourth-order valence-corrected chi connectivity index (χ4v) is 2.88. The lowest BCUT2D eigenvalue weighted by Gasteiger charge is -2.16. The van der Waals surface area contributed by atoms with Crippen LogP contribution in [0.3, 0.4) is 0 Å². The normalized spacial score (nSPS) is 18.4. The largest absolute Gasteiger partial charge is 0.207 e. The van der Waals surface area contributed by atoms with Crippen molar-refractivity contribution in [1.82, 2.24) is 0 Å². The minimum Gasteiger partial charge on any atom is -0.207 e. The summed E-state index contributed by atoms with van der Waals surface area (Å²) in [7, 11) is 0. The van der Waals surface area contributed by atoms with Gasteiger partial charge in [-0.15, -0.1) is 0 Å². The molecule has 0 unspecified atom stereocenters. The molecule has 0 spiro atoms. The van der Waals surface area contributed by atoms with Gasteiger partial charge in [0.25, 0.3) is 0 Å². The van der Waals surface area contributed by atoms with Gasteiger partial charge in [-0.25, -0.2) is 4.39 Å². The maximum atomic E-state index is 14.0. The van der Waals surface area contributed by atoms with E-state index >= 15 is 0 Å². The summed E-state index contributed by atoms with van der Waals surface area (Å²) >= 11 is 0. The number of hydrogen-bond acceptors (Lipinski definition) is 0. The Morgan fingerprint density at radius 2 is 1.71 bits per heavy atom. The summed E-state index contributed by atoms with van der Waals surface area (Å²) in [6.07, 6.45) is 7.78. The third kappa shape index (κ3) is 3.08. The van der Waals surface area contributed by atoms with Gasteiger partial charge in [-0.05, 0) is 41.9 Å². The minimum absolute atomic E-state index is 0.0123. The zero-order valence-corrected chi connectivity index (χ0v) is 11.0. The first-order valence-electron chi connectivity index (χ1n) is 6.98. The molecule has 94 valence electrons. The number of halogens is 1. The molecule has 1 aromatic carbocycles. The molecule has 0 N–H and O–H groups in total. The highest BCUT2D eigenvalue weighted by atomic mass is 19.1. The van der Waals surface area contributed by atoms with Crippen LogP contribution in [0.1, 0.15) is 75.3 Å². The summed E-state index contributed by atoms with van der Waals surface area (Å²) < 4.78 is 14.0. The Morgan fingerprint density at radius 1 is 1.06 bits per heavy atom. The van der Waals surface area contributed by atoms with Crippen molar-refractivity contribution in [3.05, 3.63) is 35.1 Å². The molecule has 0 radical (unpaired) electrons. The summed E-state index contributed by atoms with van der Waals surface area (Å²) in [5.74, 6) is 0.855. The van der Waals surface area contributed by atoms with E-state index in [2.05, 4.69) is 6.07 Å². The predicted octanol–water partition coefficient (Wildman–Crippen LogP) is 5.39. The maximum absolute atomic E-state index is 14.0. The summed E-state index contributed by atoms with van der Waals surface area (Å²) in [6, 6.07) is 5.92. The highest BCUT2D eigenvalue weighted by molar-refractivity contribution is 5.29. The second-order valence-corrected chi connectivity index (χ2v) is 5.62. The Bertz CT molecular complexity index is 360. The average Bonchev–Trinajstić information content (AvgIpc) is 2.56. The van der Waals surface area contributed by atoms with Crippen LogP contribution >= 0.6 is 0 Å². The quantitative estimate of drug-likeness (QED) is 0.602. The number of rotatable bonds is 2. The van der Waals surface area contributed by atoms with E-state index in [-0.39, 0.29) is 11.7 Å². The molecular weight excluding hydrogens is 211 g/mol. The molecule has 2 rings (SSSR count). The molecule has 0 nitrogen and oxygen atoms in total. The fraction of sp³-hybridized carbons (Fsp3) is 0.625. The van der Waals surface area contributed by atoms with Crippen molar-refractivity contribution in [2.24, 2.45) is 0 Å². The lowest BCUT2D eigenvalue weighted by Crippen LogP contribution is -2.00. The Morgan fingerprint density at radius 3 is 2.24 bits per heavy atom. The molecule has 0 atom stereocenters. The summed E-state index contributed by atoms with van der Waals surface area (Å²) in [6.45, 7) is 4.09. The second kappa shape index (κ2) is 5.66. The van der Waals surface area contributed by atoms with Crippen molar-refractivity contribution in [2.45, 2.75) is 64.2 Å². The monoisotopic (exact) mass is 234 g/mol. The van der Waals surface area contributed by atoms with Gasteiger partial charge in [-0.1, -0.05) is 51.7 Å². The van der Waals surface area contributed by atoms with Gasteiger partial charge < -0.3 is 0 Å². The third-order valence-corrected chi connectivity index (χ3v) is 3.97. The summed E-state index contributed by atoms with van der Waals surface area (Å²) in [4.78, 5) is 0. The molecule has 1 aliphatic carbocycles. The molecule has 0 saturated heterocycles. The van der Waals surface area contributed by atoms with Gasteiger partial charge in [-0.2, -0.15) is 0 Å². The predicted molar refractivity (Wildman–Crippen MR) is 70.9 cm³/mol. The van der Waals surface area contributed by atoms with Crippen LogP contribution in [-0.4, -0.2) is 0 Å². The van der Waals surface area contributed by atoms with Crippen LogP contribution in [-0.2, 0) is 0 Å². The minimum atomic E-state index is -0.0123. The van der Waals surface area contributed by atoms with Gasteiger partial charge >= 0.3 is 0 Å². The number of hydrogen-bond donors (Lipinski definition) is 0. The first-order valence-corrected chi connectivity index (χ1v) is 6.98. The van der Waals surface area contributed by atoms with Crippen molar-refractivity contribution in [2.75, 3.05) is 0 Å². The van der Waals surface area contributed by atoms with Crippen LogP contribution in [0.25, 0.3) is 0 Å². The van der Waals surface area contributed by atoms with Gasteiger partial charge in [0, 0.05) is 0 Å². The van der Waals surface area contributed by atoms with Crippen molar-refractivity contribution in [1.29, 1.82) is 0 Å². The highest BCUT2D eigenvalue weighted by Gasteiger charge is 2.16. The topological polar surface area (TPSA) is 0 Å². The third-order valence-electron chi connectivity index (χ3n) is 3.97. The van der Waals surface area contributed by atoms with Crippen LogP contribution < -0.4 is 0 Å². The van der Waals surface area contributed by atoms with Gasteiger partial charge in [0.15, 0.2) is 0 Å². The van der Waals surface area contributed by atoms with Gasteiger partial charge in [0.2, 0.25) is 0 Å². The van der Waals surface area contributed by atoms with E-state index in [4.69, 9.17) is 0 Å². The molecule has 1 fully saturated rings. The lowest BCUT2D eigenvalue weighted by molar-refractivity contribution is 0.568. The van der Waals surface area contributed by atoms with Crippen molar-refractivity contribution in [3.8, 4) is 0 Å². The van der Waals surface area contributed by atoms with Gasteiger partial charge in [0.1, 0.15) is 5.82 Å². The molecule has 0 amide bonds. The van der Waals surface area contributed by atoms with E-state index in [1.54, 1.807) is 6.07 Å². The van der Waals surface area contributed by atoms with E-state index in [1.165, 1.54) is 44.1 Å². The Balaban J connectivity index is 2.18. The second-order valence-electron chi connectivity index (χ2n) is 5.62. The standard InChI is InChI=1S/C16H23F/c1-12(2)15-10-9-14(11-16(15)17)13-7-5-3-4-6-8-13/h9-13H,3-8H2,1-2H3. The molecule has 1 aliphatic rings. The van der Waals surface area contributed by atoms with E-state index in [9.17, 15) is 4.39 Å². The molecule has 0 aliphatic heterocycles. The number of benzene rings is 1. The Kier molecular flexibility index (Phi) is 4.20. The van der Waals surface area contributed by atoms with Crippen LogP contribution in [0.4, 0.5) is 4.39 Å². The summed E-state index contributed by atoms with van der Waals surface area (Å²) in [5.41, 5.74) is 2.07. The zero-order valence-electron chi connectivity index (χ0n) is 11.0. The Labute approximate surface area is 104 Å². The van der Waals surface area contributed by atoms with E-state index < -0.39 is 0 Å².